The number of hydrogen-bond donors (Lipinski definition) is 3. The van der Waals surface area contributed by atoms with E-state index in [2.05, 4.69) is 22.5 Å². The number of allylic oxidation sites excluding steroid dienone is 1. The normalized spacial score (nSPS) is 24.8. The molecule has 1 fully saturated rings. The zero-order valence-corrected chi connectivity index (χ0v) is 21.9. The summed E-state index contributed by atoms with van der Waals surface area (Å²) in [5.41, 5.74) is 0.0597. The number of carbonyl (C=O) groups excluding carboxylic acids is 2. The van der Waals surface area contributed by atoms with Gasteiger partial charge in [-0.05, 0) is 61.4 Å². The van der Waals surface area contributed by atoms with Crippen LogP contribution in [0.25, 0.3) is 0 Å². The van der Waals surface area contributed by atoms with Gasteiger partial charge in [-0.2, -0.15) is 4.98 Å². The Kier molecular flexibility index (Phi) is 9.48. The van der Waals surface area contributed by atoms with Crippen molar-refractivity contribution < 1.29 is 37.7 Å². The van der Waals surface area contributed by atoms with Crippen molar-refractivity contribution in [3.05, 3.63) is 64.7 Å². The fraction of sp³-hybridized carbons (Fsp3) is 0.481. The molecular weight excluding hydrogens is 530 g/mol. The predicted molar refractivity (Wildman–Crippen MR) is 140 cm³/mol. The Labute approximate surface area is 229 Å². The molecule has 4 rings (SSSR count). The van der Waals surface area contributed by atoms with Crippen LogP contribution in [0.5, 0.6) is 0 Å². The molecule has 1 aliphatic heterocycles. The molecule has 11 nitrogen and oxygen atoms in total. The smallest absolute Gasteiger partial charge is 0.413 e. The van der Waals surface area contributed by atoms with Crippen molar-refractivity contribution in [3.63, 3.8) is 0 Å². The van der Waals surface area contributed by atoms with E-state index in [9.17, 15) is 23.2 Å². The minimum atomic E-state index is -3.37. The lowest BCUT2D eigenvalue weighted by molar-refractivity contribution is -0.120. The van der Waals surface area contributed by atoms with Gasteiger partial charge in [-0.15, -0.1) is 0 Å². The number of aromatic nitrogens is 2. The van der Waals surface area contributed by atoms with Gasteiger partial charge < -0.3 is 19.3 Å². The molecule has 2 aliphatic rings. The standard InChI is InChI=1S/C27H32F2N4O7/c1-17-4-2-3-5-20(11-6-17)40-26(37)30-19-9-7-18(8-10-19)16-38-25(36)32-22-12-13-33(24(35)31-22)23-27(28,29)14-21(15-34)39-23/h3,5,7-10,12-13,17,20-21,23,34H,2,4,6,11,14-16H2,1H3,(H,30,37)(H,31,32,35,36)/b5-3+/t17?,20-,21?,23?/m0/s1. The maximum Gasteiger partial charge on any atom is 0.413 e. The lowest BCUT2D eigenvalue weighted by Gasteiger charge is -2.19. The van der Waals surface area contributed by atoms with Gasteiger partial charge in [0.15, 0.2) is 0 Å². The Hall–Kier alpha value is -3.84. The molecule has 1 aromatic carbocycles. The molecule has 2 heterocycles. The zero-order chi connectivity index (χ0) is 28.7. The zero-order valence-electron chi connectivity index (χ0n) is 21.9. The lowest BCUT2D eigenvalue weighted by atomic mass is 9.95. The second-order valence-corrected chi connectivity index (χ2v) is 9.92. The van der Waals surface area contributed by atoms with Crippen LogP contribution in [0, 0.1) is 5.92 Å². The Balaban J connectivity index is 1.24. The van der Waals surface area contributed by atoms with Crippen LogP contribution in [-0.2, 0) is 20.8 Å². The summed E-state index contributed by atoms with van der Waals surface area (Å²) in [6.07, 6.45) is 3.36. The highest BCUT2D eigenvalue weighted by atomic mass is 19.3. The fourth-order valence-corrected chi connectivity index (χ4v) is 4.45. The quantitative estimate of drug-likeness (QED) is 0.416. The summed E-state index contributed by atoms with van der Waals surface area (Å²) in [4.78, 5) is 40.3. The number of nitrogens with zero attached hydrogens (tertiary/aromatic N) is 2. The van der Waals surface area contributed by atoms with Crippen LogP contribution in [0.2, 0.25) is 0 Å². The van der Waals surface area contributed by atoms with Gasteiger partial charge in [-0.1, -0.05) is 25.1 Å². The van der Waals surface area contributed by atoms with Gasteiger partial charge in [0, 0.05) is 18.3 Å². The first-order chi connectivity index (χ1) is 19.1. The van der Waals surface area contributed by atoms with Crippen molar-refractivity contribution >= 4 is 23.7 Å². The molecule has 1 aromatic heterocycles. The minimum absolute atomic E-state index is 0.122. The highest BCUT2D eigenvalue weighted by Crippen LogP contribution is 2.41. The van der Waals surface area contributed by atoms with E-state index < -0.39 is 49.2 Å². The molecule has 2 amide bonds. The molecule has 1 saturated heterocycles. The maximum atomic E-state index is 14.2. The van der Waals surface area contributed by atoms with Gasteiger partial charge in [0.25, 0.3) is 5.92 Å². The number of nitrogens with one attached hydrogen (secondary N) is 2. The number of rotatable bonds is 7. The molecule has 1 aliphatic carbocycles. The average Bonchev–Trinajstić information content (AvgIpc) is 3.22. The molecule has 40 heavy (non-hydrogen) atoms. The highest BCUT2D eigenvalue weighted by Gasteiger charge is 2.51. The number of carbonyl (C=O) groups is 2. The first-order valence-corrected chi connectivity index (χ1v) is 13.0. The van der Waals surface area contributed by atoms with Crippen molar-refractivity contribution in [2.24, 2.45) is 5.92 Å². The van der Waals surface area contributed by atoms with Crippen LogP contribution >= 0.6 is 0 Å². The number of halogens is 2. The Morgan fingerprint density at radius 3 is 2.62 bits per heavy atom. The summed E-state index contributed by atoms with van der Waals surface area (Å²) >= 11 is 0. The van der Waals surface area contributed by atoms with E-state index >= 15 is 0 Å². The fourth-order valence-electron chi connectivity index (χ4n) is 4.45. The van der Waals surface area contributed by atoms with Gasteiger partial charge in [-0.3, -0.25) is 15.2 Å². The van der Waals surface area contributed by atoms with Crippen LogP contribution in [-0.4, -0.2) is 51.6 Å². The molecule has 3 unspecified atom stereocenters. The van der Waals surface area contributed by atoms with Crippen LogP contribution < -0.4 is 16.3 Å². The summed E-state index contributed by atoms with van der Waals surface area (Å²) in [6.45, 7) is 1.46. The highest BCUT2D eigenvalue weighted by molar-refractivity contribution is 5.85. The van der Waals surface area contributed by atoms with Crippen LogP contribution in [0.3, 0.4) is 0 Å². The number of hydrogen-bond acceptors (Lipinski definition) is 8. The molecule has 216 valence electrons. The number of amides is 2. The Morgan fingerprint density at radius 1 is 1.15 bits per heavy atom. The van der Waals surface area contributed by atoms with Crippen molar-refractivity contribution in [1.82, 2.24) is 9.55 Å². The Bertz CT molecular complexity index is 1270. The van der Waals surface area contributed by atoms with Gasteiger partial charge in [0.2, 0.25) is 6.23 Å². The summed E-state index contributed by atoms with van der Waals surface area (Å²) in [6, 6.07) is 7.73. The van der Waals surface area contributed by atoms with E-state index in [0.717, 1.165) is 37.9 Å². The maximum absolute atomic E-state index is 14.2. The first-order valence-electron chi connectivity index (χ1n) is 13.0. The third kappa shape index (κ3) is 7.85. The van der Waals surface area contributed by atoms with Gasteiger partial charge >= 0.3 is 17.9 Å². The van der Waals surface area contributed by atoms with Crippen molar-refractivity contribution in [2.45, 2.75) is 70.0 Å². The number of aliphatic hydroxyl groups excluding tert-OH is 1. The van der Waals surface area contributed by atoms with Gasteiger partial charge in [-0.25, -0.2) is 23.2 Å². The monoisotopic (exact) mass is 562 g/mol. The van der Waals surface area contributed by atoms with E-state index in [0.29, 0.717) is 21.7 Å². The topological polar surface area (TPSA) is 141 Å². The molecule has 0 bridgehead atoms. The van der Waals surface area contributed by atoms with E-state index in [-0.39, 0.29) is 18.5 Å². The number of benzene rings is 1. The largest absolute Gasteiger partial charge is 0.444 e. The van der Waals surface area contributed by atoms with E-state index in [1.807, 2.05) is 12.2 Å². The summed E-state index contributed by atoms with van der Waals surface area (Å²) in [5, 5.41) is 14.0. The van der Waals surface area contributed by atoms with Crippen LogP contribution in [0.15, 0.2) is 53.5 Å². The molecule has 4 atom stereocenters. The molecule has 3 N–H and O–H groups in total. The molecule has 0 spiro atoms. The van der Waals surface area contributed by atoms with Crippen molar-refractivity contribution in [2.75, 3.05) is 17.2 Å². The third-order valence-electron chi connectivity index (χ3n) is 6.65. The van der Waals surface area contributed by atoms with E-state index in [1.54, 1.807) is 24.3 Å². The lowest BCUT2D eigenvalue weighted by Crippen LogP contribution is -2.35. The van der Waals surface area contributed by atoms with Crippen molar-refractivity contribution in [3.8, 4) is 0 Å². The van der Waals surface area contributed by atoms with Crippen LogP contribution in [0.4, 0.5) is 29.9 Å². The number of aliphatic hydroxyl groups is 1. The molecule has 2 aromatic rings. The summed E-state index contributed by atoms with van der Waals surface area (Å²) in [7, 11) is 0. The van der Waals surface area contributed by atoms with Crippen LogP contribution in [0.1, 0.15) is 50.8 Å². The predicted octanol–water partition coefficient (Wildman–Crippen LogP) is 4.59. The molecule has 0 radical (unpaired) electrons. The third-order valence-corrected chi connectivity index (χ3v) is 6.65. The molecular formula is C27H32F2N4O7. The van der Waals surface area contributed by atoms with Crippen molar-refractivity contribution in [1.29, 1.82) is 0 Å². The Morgan fingerprint density at radius 2 is 1.93 bits per heavy atom. The summed E-state index contributed by atoms with van der Waals surface area (Å²) < 4.78 is 44.6. The SMILES string of the molecule is CC1CC/C=C/[C@H](OC(=O)Nc2ccc(COC(=O)Nc3ccn(C4OC(CO)CC4(F)F)c(=O)n3)cc2)CC1. The average molecular weight is 563 g/mol. The molecule has 0 saturated carbocycles. The van der Waals surface area contributed by atoms with Gasteiger partial charge in [0.05, 0.1) is 12.7 Å². The number of anilines is 2. The minimum Gasteiger partial charge on any atom is -0.444 e. The molecule has 13 heteroatoms. The van der Waals surface area contributed by atoms with Gasteiger partial charge in [0.1, 0.15) is 18.5 Å². The van der Waals surface area contributed by atoms with E-state index in [1.165, 1.54) is 0 Å². The first kappa shape index (κ1) is 29.2. The van der Waals surface area contributed by atoms with E-state index in [4.69, 9.17) is 19.3 Å². The second-order valence-electron chi connectivity index (χ2n) is 9.92. The number of ether oxygens (including phenoxy) is 3. The second kappa shape index (κ2) is 13.0. The number of alkyl halides is 2. The summed E-state index contributed by atoms with van der Waals surface area (Å²) in [5.74, 6) is -2.98.